The van der Waals surface area contributed by atoms with Crippen molar-refractivity contribution in [1.29, 1.82) is 0 Å². The number of aryl methyl sites for hydroxylation is 1. The van der Waals surface area contributed by atoms with E-state index in [4.69, 9.17) is 0 Å². The second-order valence-electron chi connectivity index (χ2n) is 3.16. The maximum absolute atomic E-state index is 3.66. The summed E-state index contributed by atoms with van der Waals surface area (Å²) in [5, 5.41) is 0. The van der Waals surface area contributed by atoms with E-state index in [-0.39, 0.29) is 0 Å². The molecule has 0 atom stereocenters. The third-order valence-corrected chi connectivity index (χ3v) is 6.42. The Balaban J connectivity index is 2.32. The summed E-state index contributed by atoms with van der Waals surface area (Å²) in [6.07, 6.45) is 6.73. The molecule has 1 rings (SSSR count). The van der Waals surface area contributed by atoms with Crippen molar-refractivity contribution >= 4 is 53.0 Å². The van der Waals surface area contributed by atoms with Gasteiger partial charge < -0.3 is 0 Å². The summed E-state index contributed by atoms with van der Waals surface area (Å²) in [7, 11) is 0. The van der Waals surface area contributed by atoms with E-state index in [0.29, 0.717) is 14.5 Å². The quantitative estimate of drug-likeness (QED) is 0.380. The first kappa shape index (κ1) is 12.3. The van der Waals surface area contributed by atoms with Gasteiger partial charge in [-0.3, -0.25) is 0 Å². The van der Waals surface area contributed by atoms with E-state index in [0.717, 1.165) is 0 Å². The van der Waals surface area contributed by atoms with Crippen LogP contribution in [-0.2, 0) is 6.42 Å². The number of halogens is 2. The zero-order valence-corrected chi connectivity index (χ0v) is 13.2. The van der Waals surface area contributed by atoms with Gasteiger partial charge in [0, 0.05) is 0 Å². The molecule has 0 aromatic carbocycles. The second kappa shape index (κ2) is 6.65. The minimum atomic E-state index is 0.598. The third kappa shape index (κ3) is 4.50. The fourth-order valence-corrected chi connectivity index (χ4v) is 6.99. The van der Waals surface area contributed by atoms with E-state index < -0.39 is 0 Å². The molecule has 0 bridgehead atoms. The molecule has 0 spiro atoms. The van der Waals surface area contributed by atoms with E-state index in [2.05, 4.69) is 51.5 Å². The number of hydrogen-bond acceptors (Lipinski definition) is 0. The Morgan fingerprint density at radius 1 is 1.38 bits per heavy atom. The number of rotatable bonds is 5. The average molecular weight is 420 g/mol. The molecule has 0 aliphatic carbocycles. The Morgan fingerprint density at radius 3 is 2.69 bits per heavy atom. The van der Waals surface area contributed by atoms with Crippen LogP contribution in [0.5, 0.6) is 0 Å². The Labute approximate surface area is 109 Å². The monoisotopic (exact) mass is 420 g/mol. The molecule has 0 amide bonds. The van der Waals surface area contributed by atoms with Crippen LogP contribution in [0, 0.1) is 2.44 Å². The van der Waals surface area contributed by atoms with Crippen LogP contribution >= 0.6 is 38.5 Å². The van der Waals surface area contributed by atoms with E-state index in [1.54, 1.807) is 5.56 Å². The first-order valence-electron chi connectivity index (χ1n) is 4.67. The zero-order valence-electron chi connectivity index (χ0n) is 7.78. The Morgan fingerprint density at radius 2 is 2.15 bits per heavy atom. The van der Waals surface area contributed by atoms with Crippen LogP contribution < -0.4 is 0 Å². The van der Waals surface area contributed by atoms with Gasteiger partial charge in [0.05, 0.1) is 0 Å². The Kier molecular flexibility index (Phi) is 6.28. The molecule has 0 unspecified atom stereocenters. The molecular formula is C10H14BrISe. The summed E-state index contributed by atoms with van der Waals surface area (Å²) in [6.45, 7) is 2.26. The molecule has 0 saturated carbocycles. The van der Waals surface area contributed by atoms with Crippen LogP contribution in [0.2, 0.25) is 0 Å². The molecule has 0 saturated heterocycles. The van der Waals surface area contributed by atoms with Crippen molar-refractivity contribution in [2.24, 2.45) is 0 Å². The molecule has 1 heterocycles. The Hall–Kier alpha value is 1.21. The van der Waals surface area contributed by atoms with Gasteiger partial charge in [-0.1, -0.05) is 0 Å². The second-order valence-corrected chi connectivity index (χ2v) is 10.1. The van der Waals surface area contributed by atoms with Gasteiger partial charge >= 0.3 is 109 Å². The van der Waals surface area contributed by atoms with Crippen molar-refractivity contribution in [3.8, 4) is 0 Å². The summed E-state index contributed by atoms with van der Waals surface area (Å²) in [5.41, 5.74) is 1.56. The topological polar surface area (TPSA) is 0 Å². The van der Waals surface area contributed by atoms with Crippen LogP contribution in [0.15, 0.2) is 9.41 Å². The standard InChI is InChI=1S/C10H14BrISe/c1-2-3-4-5-6-8-7-9(12)13-10(8)11/h7H,2-6H2,1H3. The van der Waals surface area contributed by atoms with Crippen molar-refractivity contribution in [1.82, 2.24) is 0 Å². The molecule has 3 heteroatoms. The van der Waals surface area contributed by atoms with Crippen molar-refractivity contribution in [3.63, 3.8) is 0 Å². The molecule has 0 aliphatic heterocycles. The van der Waals surface area contributed by atoms with Gasteiger partial charge in [-0.2, -0.15) is 0 Å². The van der Waals surface area contributed by atoms with Crippen LogP contribution in [-0.4, -0.2) is 14.5 Å². The minimum absolute atomic E-state index is 0.598. The SMILES string of the molecule is CCCCCCc1cc(I)[se]c1Br. The average Bonchev–Trinajstić information content (AvgIpc) is 2.39. The van der Waals surface area contributed by atoms with Crippen LogP contribution in [0.25, 0.3) is 0 Å². The molecule has 0 aliphatic rings. The third-order valence-electron chi connectivity index (χ3n) is 2.03. The van der Waals surface area contributed by atoms with Crippen LogP contribution in [0.3, 0.4) is 0 Å². The molecule has 13 heavy (non-hydrogen) atoms. The predicted molar refractivity (Wildman–Crippen MR) is 71.6 cm³/mol. The van der Waals surface area contributed by atoms with Crippen LogP contribution in [0.1, 0.15) is 38.2 Å². The molecule has 74 valence electrons. The summed E-state index contributed by atoms with van der Waals surface area (Å²) in [6, 6.07) is 2.36. The number of unbranched alkanes of at least 4 members (excludes halogenated alkanes) is 3. The summed E-state index contributed by atoms with van der Waals surface area (Å²) in [4.78, 5) is 0. The fourth-order valence-electron chi connectivity index (χ4n) is 1.29. The van der Waals surface area contributed by atoms with Gasteiger partial charge in [0.25, 0.3) is 0 Å². The molecule has 0 fully saturated rings. The molecular weight excluding hydrogens is 406 g/mol. The first-order valence-corrected chi connectivity index (χ1v) is 8.26. The first-order chi connectivity index (χ1) is 6.24. The summed E-state index contributed by atoms with van der Waals surface area (Å²) < 4.78 is 3.00. The van der Waals surface area contributed by atoms with Crippen molar-refractivity contribution in [3.05, 3.63) is 17.4 Å². The van der Waals surface area contributed by atoms with Crippen molar-refractivity contribution in [2.75, 3.05) is 0 Å². The van der Waals surface area contributed by atoms with E-state index in [1.807, 2.05) is 0 Å². The van der Waals surface area contributed by atoms with Crippen molar-refractivity contribution < 1.29 is 0 Å². The van der Waals surface area contributed by atoms with E-state index in [9.17, 15) is 0 Å². The zero-order chi connectivity index (χ0) is 9.68. The fraction of sp³-hybridized carbons (Fsp3) is 0.600. The van der Waals surface area contributed by atoms with Gasteiger partial charge in [-0.25, -0.2) is 0 Å². The molecule has 0 nitrogen and oxygen atoms in total. The number of hydrogen-bond donors (Lipinski definition) is 0. The molecule has 1 aromatic heterocycles. The van der Waals surface area contributed by atoms with Crippen molar-refractivity contribution in [2.45, 2.75) is 39.0 Å². The Bertz CT molecular complexity index is 257. The summed E-state index contributed by atoms with van der Waals surface area (Å²) in [5.74, 6) is 0. The predicted octanol–water partition coefficient (Wildman–Crippen LogP) is 4.23. The maximum atomic E-state index is 3.66. The van der Waals surface area contributed by atoms with Gasteiger partial charge in [0.1, 0.15) is 0 Å². The van der Waals surface area contributed by atoms with Gasteiger partial charge in [-0.15, -0.1) is 0 Å². The molecule has 0 N–H and O–H groups in total. The van der Waals surface area contributed by atoms with E-state index in [1.165, 1.54) is 37.9 Å². The normalized spacial score (nSPS) is 10.7. The summed E-state index contributed by atoms with van der Waals surface area (Å²) >= 11 is 6.71. The van der Waals surface area contributed by atoms with E-state index >= 15 is 0 Å². The molecule has 0 radical (unpaired) electrons. The molecule has 1 aromatic rings. The van der Waals surface area contributed by atoms with Gasteiger partial charge in [0.15, 0.2) is 0 Å². The van der Waals surface area contributed by atoms with Gasteiger partial charge in [0.2, 0.25) is 0 Å². The van der Waals surface area contributed by atoms with Crippen LogP contribution in [0.4, 0.5) is 0 Å². The van der Waals surface area contributed by atoms with Gasteiger partial charge in [-0.05, 0) is 0 Å².